The number of para-hydroxylation sites is 2. The van der Waals surface area contributed by atoms with Gasteiger partial charge in [0.2, 0.25) is 27.7 Å². The fraction of sp³-hybridized carbons (Fsp3) is 0.656. The van der Waals surface area contributed by atoms with E-state index in [1.54, 1.807) is 64.2 Å². The molecule has 10 atom stereocenters. The molecule has 2 saturated heterocycles. The van der Waals surface area contributed by atoms with Crippen LogP contribution in [0.25, 0.3) is 47.9 Å². The fourth-order valence-electron chi connectivity index (χ4n) is 19.2. The zero-order valence-corrected chi connectivity index (χ0v) is 86.7. The van der Waals surface area contributed by atoms with Crippen molar-refractivity contribution in [3.05, 3.63) is 87.6 Å². The predicted octanol–water partition coefficient (Wildman–Crippen LogP) is 10.5. The van der Waals surface area contributed by atoms with Crippen molar-refractivity contribution in [1.82, 2.24) is 54.2 Å². The molecule has 8 heterocycles. The van der Waals surface area contributed by atoms with E-state index in [1.807, 2.05) is 69.8 Å². The van der Waals surface area contributed by atoms with Crippen molar-refractivity contribution < 1.29 is 187 Å². The van der Waals surface area contributed by atoms with Gasteiger partial charge in [-0.1, -0.05) is 101 Å². The predicted molar refractivity (Wildman–Crippen MR) is 485 cm³/mol. The summed E-state index contributed by atoms with van der Waals surface area (Å²) in [5, 5.41) is 17.5. The molecule has 0 spiro atoms. The molecule has 0 bridgehead atoms. The second kappa shape index (κ2) is 44.1. The number of alkyl carbamates (subject to hydrolysis) is 2. The van der Waals surface area contributed by atoms with Crippen LogP contribution in [-0.4, -0.2) is 192 Å². The molecule has 694 valence electrons. The Balaban J connectivity index is 0.000000239. The van der Waals surface area contributed by atoms with Crippen LogP contribution in [0.1, 0.15) is 297 Å². The van der Waals surface area contributed by atoms with E-state index in [1.165, 1.54) is 48.3 Å². The zero-order chi connectivity index (χ0) is 90.0. The quantitative estimate of drug-likeness (QED) is 0.0459. The molecular formula is C93H128K2N12O18S4. The number of sulfonamides is 2. The molecule has 8 fully saturated rings. The standard InChI is InChI=1S/2C46H62N6O8S2.CH4O.2K.H2O/c2*1-28(2)52-36-20-14-18-33(40-47-35(27-61-40)29-15-10-9-11-16-29)39(36)49-43(52)59-31-23-37-38(53)25-46(42(55)50-62(57,58)32-21-22-32)24-30(46)17-12-7-6-8-13-19-34(41(54)51(37)26-31)48-44(56)60-45(3,4)5;1-2;;;/h12,14,17-18,20,27-32,34,37H,6-11,13,15-16,19,21-26H2,1-5H3,(H,48,56)(H,50,55);12,14,17-18,20,27-32,34,37H,6-11,13,15-16,19,21-26H2,1-5H3,(H2,48,50,55,56);2H,1H3;;;1H2/q;;;2*+1;/p-2/b2*17-12-;;;;/t2*30-,31-,34+,37+,46-;;;;/m11..../s1. The van der Waals surface area contributed by atoms with E-state index in [9.17, 15) is 55.2 Å². The molecule has 6 saturated carbocycles. The van der Waals surface area contributed by atoms with Gasteiger partial charge in [0, 0.05) is 89.3 Å². The number of ether oxygens (including phenoxy) is 4. The van der Waals surface area contributed by atoms with Crippen molar-refractivity contribution in [2.45, 2.75) is 344 Å². The van der Waals surface area contributed by atoms with Crippen molar-refractivity contribution in [2.75, 3.05) is 20.2 Å². The molecule has 16 rings (SSSR count). The van der Waals surface area contributed by atoms with E-state index in [0.29, 0.717) is 94.5 Å². The summed E-state index contributed by atoms with van der Waals surface area (Å²) in [4.78, 5) is 137. The number of benzene rings is 2. The molecule has 4 aromatic heterocycles. The fourth-order valence-corrected chi connectivity index (χ4v) is 23.7. The molecule has 36 heteroatoms. The Morgan fingerprint density at radius 2 is 0.930 bits per heavy atom. The van der Waals surface area contributed by atoms with Gasteiger partial charge in [0.25, 0.3) is 12.0 Å². The maximum absolute atomic E-state index is 14.8. The summed E-state index contributed by atoms with van der Waals surface area (Å²) in [6.45, 7) is 18.8. The van der Waals surface area contributed by atoms with Crippen molar-refractivity contribution in [3.8, 4) is 33.2 Å². The summed E-state index contributed by atoms with van der Waals surface area (Å²) in [6.07, 6.45) is 25.9. The Hall–Kier alpha value is -5.43. The van der Waals surface area contributed by atoms with Crippen LogP contribution in [-0.2, 0) is 58.3 Å². The molecule has 6 amide bonds. The van der Waals surface area contributed by atoms with Crippen LogP contribution in [0.4, 0.5) is 9.59 Å². The molecule has 0 unspecified atom stereocenters. The first-order valence-corrected chi connectivity index (χ1v) is 50.6. The van der Waals surface area contributed by atoms with Crippen LogP contribution in [0.3, 0.4) is 0 Å². The number of fused-ring (bicyclic) bond motifs is 6. The normalized spacial score (nSPS) is 26.2. The van der Waals surface area contributed by atoms with Gasteiger partial charge in [0.1, 0.15) is 56.5 Å². The number of nitrogens with zero attached hydrogens (tertiary/aromatic N) is 9. The first-order chi connectivity index (χ1) is 60.1. The third-order valence-corrected chi connectivity index (χ3v) is 31.6. The van der Waals surface area contributed by atoms with Crippen molar-refractivity contribution in [2.24, 2.45) is 22.7 Å². The van der Waals surface area contributed by atoms with E-state index < -0.39 is 125 Å². The van der Waals surface area contributed by atoms with Gasteiger partial charge in [0.05, 0.1) is 74.2 Å². The van der Waals surface area contributed by atoms with Gasteiger partial charge in [-0.15, -0.1) is 22.7 Å². The Bertz CT molecular complexity index is 4980. The number of ketones is 2. The van der Waals surface area contributed by atoms with E-state index in [4.69, 9.17) is 44.0 Å². The number of aromatic nitrogens is 6. The molecule has 129 heavy (non-hydrogen) atoms. The number of allylic oxidation sites excluding steroid dienone is 4. The van der Waals surface area contributed by atoms with Gasteiger partial charge in [-0.25, -0.2) is 36.4 Å². The first kappa shape index (κ1) is 104. The van der Waals surface area contributed by atoms with Crippen LogP contribution < -0.4 is 128 Å². The van der Waals surface area contributed by atoms with Gasteiger partial charge in [-0.05, 0) is 208 Å². The van der Waals surface area contributed by atoms with Gasteiger partial charge in [-0.2, -0.15) is 9.97 Å². The largest absolute Gasteiger partial charge is 1.00 e. The van der Waals surface area contributed by atoms with Gasteiger partial charge >= 0.3 is 115 Å². The number of aliphatic hydroxyl groups excluding tert-OH is 1. The average Bonchev–Trinajstić information content (AvgIpc) is 1.57. The van der Waals surface area contributed by atoms with E-state index in [0.717, 1.165) is 119 Å². The van der Waals surface area contributed by atoms with Crippen LogP contribution in [0.15, 0.2) is 71.5 Å². The van der Waals surface area contributed by atoms with Crippen LogP contribution in [0.5, 0.6) is 12.0 Å². The van der Waals surface area contributed by atoms with Crippen LogP contribution in [0.2, 0.25) is 0 Å². The minimum atomic E-state index is -3.99. The number of carbonyl (C=O) groups is 8. The van der Waals surface area contributed by atoms with Crippen molar-refractivity contribution in [1.29, 1.82) is 0 Å². The smallest absolute Gasteiger partial charge is 0.870 e. The number of rotatable bonds is 18. The third kappa shape index (κ3) is 25.1. The maximum Gasteiger partial charge on any atom is 1.00 e. The SMILES string of the molecule is CC(C)n1c(O[C@@H]2C[C@H]3C(=O)C[C@]4(C(=O)NS(=O)(=O)C5CC5)C[C@H]4/C=C\CCCCC[C@H](NC(=O)OC(C)(C)C)C(=O)N3C2)nc2c(-c3nc(C4CCCCC4)cs3)cccc21.CC(C)n1c(O[C@@H]2C[C@H]3C(=O)C[C@]4(C(=O)[N-]S(=O)(=O)C5CC5)C[C@H]4/C=C\CCCCC[C@H](NC(=O)OC(C)(C)C)C(=O)N3C2)nc2c(-c3nc(C4CCCCC4)cs3)cccc21.CO.[K+].[K+].[OH-]. The van der Waals surface area contributed by atoms with Gasteiger partial charge in [-0.3, -0.25) is 37.8 Å². The minimum Gasteiger partial charge on any atom is -0.870 e. The number of thiazole rings is 2. The Morgan fingerprint density at radius 3 is 1.34 bits per heavy atom. The topological polar surface area (TPSA) is 410 Å². The average molecular weight is 1910 g/mol. The van der Waals surface area contributed by atoms with E-state index >= 15 is 0 Å². The van der Waals surface area contributed by atoms with Crippen LogP contribution in [0, 0.1) is 22.7 Å². The van der Waals surface area contributed by atoms with Crippen molar-refractivity contribution in [3.63, 3.8) is 0 Å². The molecule has 2 aromatic carbocycles. The van der Waals surface area contributed by atoms with Crippen LogP contribution >= 0.6 is 22.7 Å². The number of hydrogen-bond donors (Lipinski definition) is 4. The second-order valence-electron chi connectivity index (χ2n) is 38.9. The maximum atomic E-state index is 14.8. The molecule has 0 radical (unpaired) electrons. The number of hydrogen-bond acceptors (Lipinski definition) is 24. The molecule has 4 aliphatic heterocycles. The van der Waals surface area contributed by atoms with Crippen molar-refractivity contribution >= 4 is 112 Å². The molecule has 6 aromatic rings. The summed E-state index contributed by atoms with van der Waals surface area (Å²) < 4.78 is 86.7. The summed E-state index contributed by atoms with van der Waals surface area (Å²) >= 11 is 3.25. The van der Waals surface area contributed by atoms with Gasteiger partial charge < -0.3 is 59.5 Å². The number of imidazole rings is 2. The minimum absolute atomic E-state index is 0. The van der Waals surface area contributed by atoms with E-state index in [-0.39, 0.29) is 183 Å². The summed E-state index contributed by atoms with van der Waals surface area (Å²) in [5.74, 6) is -2.80. The second-order valence-corrected chi connectivity index (χ2v) is 44.4. The number of aliphatic hydroxyl groups is 1. The number of carbonyl (C=O) groups excluding carboxylic acids is 8. The Labute approximate surface area is 851 Å². The Kier molecular flexibility index (Phi) is 35.6. The van der Waals surface area contributed by atoms with E-state index in [2.05, 4.69) is 58.5 Å². The summed E-state index contributed by atoms with van der Waals surface area (Å²) in [6, 6.07) is 8.73. The monoisotopic (exact) mass is 1910 g/mol. The third-order valence-electron chi connectivity index (χ3n) is 26.3. The Morgan fingerprint density at radius 1 is 0.535 bits per heavy atom. The molecule has 10 aliphatic rings. The summed E-state index contributed by atoms with van der Waals surface area (Å²) in [5.41, 5.74) is 3.20. The molecular weight excluding hydrogens is 1780 g/mol. The molecule has 30 nitrogen and oxygen atoms in total. The first-order valence-electron chi connectivity index (χ1n) is 45.8. The molecule has 6 aliphatic carbocycles. The number of amides is 6. The van der Waals surface area contributed by atoms with Gasteiger partial charge in [0.15, 0.2) is 11.6 Å². The summed E-state index contributed by atoms with van der Waals surface area (Å²) in [7, 11) is -6.85. The molecule has 5 N–H and O–H groups in total. The number of nitrogens with one attached hydrogen (secondary N) is 3. The number of Topliss-reactive ketones (excluding diaryl/α,β-unsaturated/α-hetero) is 2. The zero-order valence-electron chi connectivity index (χ0n) is 77.2.